The van der Waals surface area contributed by atoms with Crippen LogP contribution in [0.1, 0.15) is 45.0 Å². The largest absolute Gasteiger partial charge is 0.304 e. The highest BCUT2D eigenvalue weighted by Crippen LogP contribution is 2.18. The molecule has 0 saturated heterocycles. The van der Waals surface area contributed by atoms with E-state index in [-0.39, 0.29) is 5.54 Å². The molecule has 0 aliphatic heterocycles. The van der Waals surface area contributed by atoms with Crippen molar-refractivity contribution in [1.29, 1.82) is 0 Å². The molecule has 0 unspecified atom stereocenters. The summed E-state index contributed by atoms with van der Waals surface area (Å²) in [4.78, 5) is 0. The third kappa shape index (κ3) is 3.46. The molecular formula is C13H24ClN3. The Morgan fingerprint density at radius 3 is 2.41 bits per heavy atom. The van der Waals surface area contributed by atoms with Gasteiger partial charge < -0.3 is 5.32 Å². The molecule has 0 atom stereocenters. The third-order valence-corrected chi connectivity index (χ3v) is 4.16. The van der Waals surface area contributed by atoms with Gasteiger partial charge >= 0.3 is 0 Å². The Bertz CT molecular complexity index is 334. The van der Waals surface area contributed by atoms with Gasteiger partial charge in [-0.2, -0.15) is 5.10 Å². The van der Waals surface area contributed by atoms with E-state index in [4.69, 9.17) is 11.6 Å². The van der Waals surface area contributed by atoms with Gasteiger partial charge in [-0.05, 0) is 25.3 Å². The van der Waals surface area contributed by atoms with Crippen molar-refractivity contribution >= 4 is 11.6 Å². The molecule has 1 rings (SSSR count). The highest BCUT2D eigenvalue weighted by atomic mass is 35.5. The average Bonchev–Trinajstić information content (AvgIpc) is 2.73. The zero-order valence-electron chi connectivity index (χ0n) is 11.4. The van der Waals surface area contributed by atoms with Crippen LogP contribution < -0.4 is 5.32 Å². The number of halogens is 1. The van der Waals surface area contributed by atoms with Gasteiger partial charge in [0.1, 0.15) is 0 Å². The van der Waals surface area contributed by atoms with Crippen molar-refractivity contribution in [3.63, 3.8) is 0 Å². The maximum atomic E-state index is 6.08. The fourth-order valence-electron chi connectivity index (χ4n) is 1.92. The Kier molecular flexibility index (Phi) is 5.47. The molecule has 1 N–H and O–H groups in total. The zero-order chi connectivity index (χ0) is 12.9. The minimum atomic E-state index is 0.0538. The monoisotopic (exact) mass is 257 g/mol. The predicted molar refractivity (Wildman–Crippen MR) is 73.5 cm³/mol. The number of rotatable bonds is 7. The van der Waals surface area contributed by atoms with E-state index in [2.05, 4.69) is 37.3 Å². The summed E-state index contributed by atoms with van der Waals surface area (Å²) in [6, 6.07) is 2.16. The summed E-state index contributed by atoms with van der Waals surface area (Å²) in [5.41, 5.74) is 2.42. The SMILES string of the molecule is CCc1cc(CNC(CC)(CC)CCl)n(C)n1. The fourth-order valence-corrected chi connectivity index (χ4v) is 2.40. The van der Waals surface area contributed by atoms with Crippen LogP contribution in [0, 0.1) is 0 Å². The molecule has 3 nitrogen and oxygen atoms in total. The third-order valence-electron chi connectivity index (χ3n) is 3.64. The summed E-state index contributed by atoms with van der Waals surface area (Å²) in [5, 5.41) is 8.04. The average molecular weight is 258 g/mol. The summed E-state index contributed by atoms with van der Waals surface area (Å²) in [5.74, 6) is 0.651. The van der Waals surface area contributed by atoms with Gasteiger partial charge in [0.2, 0.25) is 0 Å². The van der Waals surface area contributed by atoms with Crippen molar-refractivity contribution < 1.29 is 0 Å². The van der Waals surface area contributed by atoms with Crippen LogP contribution in [0.2, 0.25) is 0 Å². The van der Waals surface area contributed by atoms with Crippen LogP contribution in [0.5, 0.6) is 0 Å². The molecule has 0 aliphatic carbocycles. The molecule has 0 fully saturated rings. The lowest BCUT2D eigenvalue weighted by Crippen LogP contribution is -2.45. The molecule has 1 heterocycles. The van der Waals surface area contributed by atoms with Crippen molar-refractivity contribution in [2.75, 3.05) is 5.88 Å². The molecular weight excluding hydrogens is 234 g/mol. The van der Waals surface area contributed by atoms with E-state index < -0.39 is 0 Å². The molecule has 0 bridgehead atoms. The van der Waals surface area contributed by atoms with E-state index in [0.29, 0.717) is 5.88 Å². The van der Waals surface area contributed by atoms with Crippen LogP contribution in [-0.2, 0) is 20.0 Å². The second kappa shape index (κ2) is 6.41. The molecule has 1 aromatic rings. The van der Waals surface area contributed by atoms with Crippen molar-refractivity contribution in [3.05, 3.63) is 17.5 Å². The number of hydrogen-bond acceptors (Lipinski definition) is 2. The number of hydrogen-bond donors (Lipinski definition) is 1. The Hall–Kier alpha value is -0.540. The van der Waals surface area contributed by atoms with Crippen LogP contribution in [0.3, 0.4) is 0 Å². The summed E-state index contributed by atoms with van der Waals surface area (Å²) >= 11 is 6.08. The van der Waals surface area contributed by atoms with Crippen molar-refractivity contribution in [2.24, 2.45) is 7.05 Å². The predicted octanol–water partition coefficient (Wildman–Crippen LogP) is 2.87. The molecule has 0 spiro atoms. The van der Waals surface area contributed by atoms with E-state index in [0.717, 1.165) is 31.5 Å². The number of aromatic nitrogens is 2. The van der Waals surface area contributed by atoms with E-state index in [1.807, 2.05) is 11.7 Å². The first kappa shape index (κ1) is 14.5. The Morgan fingerprint density at radius 1 is 1.35 bits per heavy atom. The lowest BCUT2D eigenvalue weighted by Gasteiger charge is -2.30. The van der Waals surface area contributed by atoms with Gasteiger partial charge in [0.25, 0.3) is 0 Å². The minimum absolute atomic E-state index is 0.0538. The normalized spacial score (nSPS) is 12.1. The van der Waals surface area contributed by atoms with Crippen LogP contribution in [0.4, 0.5) is 0 Å². The lowest BCUT2D eigenvalue weighted by molar-refractivity contribution is 0.330. The quantitative estimate of drug-likeness (QED) is 0.762. The van der Waals surface area contributed by atoms with Gasteiger partial charge in [0.05, 0.1) is 11.4 Å². The first-order chi connectivity index (χ1) is 8.10. The van der Waals surface area contributed by atoms with Gasteiger partial charge in [-0.1, -0.05) is 20.8 Å². The molecule has 0 aromatic carbocycles. The summed E-state index contributed by atoms with van der Waals surface area (Å²) in [7, 11) is 2.00. The van der Waals surface area contributed by atoms with Gasteiger partial charge in [0, 0.05) is 25.0 Å². The smallest absolute Gasteiger partial charge is 0.0625 e. The van der Waals surface area contributed by atoms with Gasteiger partial charge in [-0.15, -0.1) is 11.6 Å². The molecule has 17 heavy (non-hydrogen) atoms. The number of alkyl halides is 1. The van der Waals surface area contributed by atoms with Crippen LogP contribution in [0.25, 0.3) is 0 Å². The Balaban J connectivity index is 2.68. The van der Waals surface area contributed by atoms with Crippen molar-refractivity contribution in [3.8, 4) is 0 Å². The zero-order valence-corrected chi connectivity index (χ0v) is 12.1. The summed E-state index contributed by atoms with van der Waals surface area (Å²) < 4.78 is 1.95. The topological polar surface area (TPSA) is 29.9 Å². The van der Waals surface area contributed by atoms with Crippen LogP contribution in [0.15, 0.2) is 6.07 Å². The van der Waals surface area contributed by atoms with E-state index in [1.54, 1.807) is 0 Å². The summed E-state index contributed by atoms with van der Waals surface area (Å²) in [6.45, 7) is 7.32. The standard InChI is InChI=1S/C13H24ClN3/c1-5-11-8-12(17(4)16-11)9-15-13(6-2,7-3)10-14/h8,15H,5-7,9-10H2,1-4H3. The molecule has 0 saturated carbocycles. The van der Waals surface area contributed by atoms with Gasteiger partial charge in [-0.3, -0.25) is 4.68 Å². The highest BCUT2D eigenvalue weighted by molar-refractivity contribution is 6.18. The second-order valence-electron chi connectivity index (χ2n) is 4.58. The Morgan fingerprint density at radius 2 is 2.00 bits per heavy atom. The molecule has 1 aromatic heterocycles. The molecule has 0 radical (unpaired) electrons. The molecule has 4 heteroatoms. The fraction of sp³-hybridized carbons (Fsp3) is 0.769. The molecule has 98 valence electrons. The van der Waals surface area contributed by atoms with E-state index in [9.17, 15) is 0 Å². The first-order valence-electron chi connectivity index (χ1n) is 6.43. The molecule has 0 aliphatic rings. The first-order valence-corrected chi connectivity index (χ1v) is 6.97. The van der Waals surface area contributed by atoms with Gasteiger partial charge in [0.15, 0.2) is 0 Å². The van der Waals surface area contributed by atoms with Crippen LogP contribution >= 0.6 is 11.6 Å². The highest BCUT2D eigenvalue weighted by Gasteiger charge is 2.24. The minimum Gasteiger partial charge on any atom is -0.304 e. The Labute approximate surface area is 110 Å². The number of aryl methyl sites for hydroxylation is 2. The maximum absolute atomic E-state index is 6.08. The van der Waals surface area contributed by atoms with Crippen molar-refractivity contribution in [1.82, 2.24) is 15.1 Å². The van der Waals surface area contributed by atoms with E-state index in [1.165, 1.54) is 5.69 Å². The van der Waals surface area contributed by atoms with Crippen molar-refractivity contribution in [2.45, 2.75) is 52.1 Å². The summed E-state index contributed by atoms with van der Waals surface area (Å²) in [6.07, 6.45) is 3.08. The second-order valence-corrected chi connectivity index (χ2v) is 4.85. The van der Waals surface area contributed by atoms with Gasteiger partial charge in [-0.25, -0.2) is 0 Å². The lowest BCUT2D eigenvalue weighted by atomic mass is 9.95. The number of nitrogens with one attached hydrogen (secondary N) is 1. The van der Waals surface area contributed by atoms with E-state index >= 15 is 0 Å². The van der Waals surface area contributed by atoms with Crippen LogP contribution in [-0.4, -0.2) is 21.2 Å². The molecule has 0 amide bonds. The maximum Gasteiger partial charge on any atom is 0.0625 e. The number of nitrogens with zero attached hydrogens (tertiary/aromatic N) is 2.